The molecule has 0 saturated carbocycles. The number of aromatic nitrogens is 2. The summed E-state index contributed by atoms with van der Waals surface area (Å²) in [4.78, 5) is 4.00. The molecule has 3 heteroatoms. The summed E-state index contributed by atoms with van der Waals surface area (Å²) in [5.41, 5.74) is 2.08. The van der Waals surface area contributed by atoms with Crippen molar-refractivity contribution in [3.05, 3.63) is 53.6 Å². The van der Waals surface area contributed by atoms with E-state index in [1.54, 1.807) is 19.3 Å². The molecular formula is C11H10N2O. The molecule has 0 amide bonds. The largest absolute Gasteiger partial charge is 0.618 e. The molecule has 0 aliphatic carbocycles. The van der Waals surface area contributed by atoms with Crippen LogP contribution in [0.5, 0.6) is 0 Å². The Bertz CT molecular complexity index is 440. The lowest BCUT2D eigenvalue weighted by Gasteiger charge is -2.05. The van der Waals surface area contributed by atoms with Crippen molar-refractivity contribution in [2.45, 2.75) is 6.92 Å². The van der Waals surface area contributed by atoms with Crippen LogP contribution in [0, 0.1) is 12.1 Å². The highest BCUT2D eigenvalue weighted by molar-refractivity contribution is 5.54. The zero-order valence-corrected chi connectivity index (χ0v) is 7.84. The summed E-state index contributed by atoms with van der Waals surface area (Å²) < 4.78 is 0.891. The number of hydrogen-bond donors (Lipinski definition) is 0. The molecule has 0 unspecified atom stereocenters. The number of nitrogens with zero attached hydrogens (tertiary/aromatic N) is 2. The maximum atomic E-state index is 11.6. The molecule has 0 aliphatic heterocycles. The van der Waals surface area contributed by atoms with Gasteiger partial charge in [-0.1, -0.05) is 18.2 Å². The van der Waals surface area contributed by atoms with Crippen molar-refractivity contribution in [3.8, 4) is 11.3 Å². The molecule has 0 bridgehead atoms. The van der Waals surface area contributed by atoms with E-state index in [1.807, 2.05) is 30.3 Å². The molecule has 3 nitrogen and oxygen atoms in total. The smallest absolute Gasteiger partial charge is 0.242 e. The van der Waals surface area contributed by atoms with Crippen LogP contribution in [0.15, 0.2) is 42.7 Å². The number of hydrogen-bond acceptors (Lipinski definition) is 2. The zero-order valence-electron chi connectivity index (χ0n) is 7.84. The standard InChI is InChI=1S/C11H10N2O/c1-9-7-12-8-11(13(9)14)10-5-3-2-4-6-10/h2-8H,1H3. The van der Waals surface area contributed by atoms with E-state index in [0.717, 1.165) is 10.3 Å². The highest BCUT2D eigenvalue weighted by atomic mass is 16.5. The van der Waals surface area contributed by atoms with Crippen LogP contribution in [-0.2, 0) is 0 Å². The maximum Gasteiger partial charge on any atom is 0.242 e. The van der Waals surface area contributed by atoms with Crippen LogP contribution in [0.2, 0.25) is 0 Å². The van der Waals surface area contributed by atoms with Gasteiger partial charge in [-0.15, -0.1) is 0 Å². The first-order valence-electron chi connectivity index (χ1n) is 4.38. The van der Waals surface area contributed by atoms with Gasteiger partial charge in [0.1, 0.15) is 6.20 Å². The summed E-state index contributed by atoms with van der Waals surface area (Å²) in [5.74, 6) is 0. The van der Waals surface area contributed by atoms with Gasteiger partial charge in [-0.05, 0) is 12.1 Å². The van der Waals surface area contributed by atoms with Crippen molar-refractivity contribution in [1.29, 1.82) is 0 Å². The molecule has 2 rings (SSSR count). The number of rotatable bonds is 1. The molecule has 0 atom stereocenters. The van der Waals surface area contributed by atoms with E-state index in [0.29, 0.717) is 11.4 Å². The van der Waals surface area contributed by atoms with Crippen molar-refractivity contribution < 1.29 is 4.73 Å². The molecule has 0 aliphatic rings. The van der Waals surface area contributed by atoms with Gasteiger partial charge in [0, 0.05) is 12.5 Å². The molecule has 1 heterocycles. The first kappa shape index (κ1) is 8.69. The first-order valence-corrected chi connectivity index (χ1v) is 4.38. The maximum absolute atomic E-state index is 11.6. The molecular weight excluding hydrogens is 176 g/mol. The SMILES string of the molecule is Cc1cncc(-c2ccccc2)[n+]1[O-]. The highest BCUT2D eigenvalue weighted by Crippen LogP contribution is 2.13. The summed E-state index contributed by atoms with van der Waals surface area (Å²) in [6.45, 7) is 1.74. The van der Waals surface area contributed by atoms with Crippen molar-refractivity contribution in [1.82, 2.24) is 4.98 Å². The van der Waals surface area contributed by atoms with Gasteiger partial charge in [0.05, 0.1) is 6.20 Å². The minimum atomic E-state index is 0.589. The van der Waals surface area contributed by atoms with Crippen molar-refractivity contribution >= 4 is 0 Å². The predicted octanol–water partition coefficient (Wildman–Crippen LogP) is 1.69. The van der Waals surface area contributed by atoms with E-state index in [1.165, 1.54) is 0 Å². The van der Waals surface area contributed by atoms with E-state index in [-0.39, 0.29) is 0 Å². The predicted molar refractivity (Wildman–Crippen MR) is 53.4 cm³/mol. The third kappa shape index (κ3) is 1.44. The fraction of sp³-hybridized carbons (Fsp3) is 0.0909. The average Bonchev–Trinajstić information content (AvgIpc) is 2.23. The lowest BCUT2D eigenvalue weighted by Crippen LogP contribution is -2.33. The quantitative estimate of drug-likeness (QED) is 0.502. The van der Waals surface area contributed by atoms with Gasteiger partial charge < -0.3 is 5.21 Å². The van der Waals surface area contributed by atoms with Gasteiger partial charge in [0.25, 0.3) is 0 Å². The van der Waals surface area contributed by atoms with Crippen LogP contribution in [0.25, 0.3) is 11.3 Å². The summed E-state index contributed by atoms with van der Waals surface area (Å²) in [6.07, 6.45) is 3.13. The summed E-state index contributed by atoms with van der Waals surface area (Å²) in [7, 11) is 0. The van der Waals surface area contributed by atoms with Crippen LogP contribution in [0.1, 0.15) is 5.69 Å². The van der Waals surface area contributed by atoms with Crippen LogP contribution in [0.3, 0.4) is 0 Å². The molecule has 2 aromatic rings. The molecule has 14 heavy (non-hydrogen) atoms. The van der Waals surface area contributed by atoms with Gasteiger partial charge >= 0.3 is 0 Å². The van der Waals surface area contributed by atoms with Crippen LogP contribution >= 0.6 is 0 Å². The summed E-state index contributed by atoms with van der Waals surface area (Å²) >= 11 is 0. The monoisotopic (exact) mass is 186 g/mol. The van der Waals surface area contributed by atoms with E-state index in [4.69, 9.17) is 0 Å². The van der Waals surface area contributed by atoms with Gasteiger partial charge in [-0.25, -0.2) is 0 Å². The van der Waals surface area contributed by atoms with Crippen molar-refractivity contribution in [2.75, 3.05) is 0 Å². The number of benzene rings is 1. The molecule has 0 N–H and O–H groups in total. The Labute approximate surface area is 82.3 Å². The van der Waals surface area contributed by atoms with E-state index < -0.39 is 0 Å². The number of aryl methyl sites for hydroxylation is 1. The molecule has 1 aromatic carbocycles. The van der Waals surface area contributed by atoms with E-state index in [2.05, 4.69) is 4.98 Å². The van der Waals surface area contributed by atoms with Crippen LogP contribution < -0.4 is 4.73 Å². The van der Waals surface area contributed by atoms with Gasteiger partial charge in [-0.2, -0.15) is 4.73 Å². The fourth-order valence-electron chi connectivity index (χ4n) is 1.31. The first-order chi connectivity index (χ1) is 6.79. The third-order valence-corrected chi connectivity index (χ3v) is 2.07. The molecule has 0 spiro atoms. The van der Waals surface area contributed by atoms with Crippen molar-refractivity contribution in [3.63, 3.8) is 0 Å². The van der Waals surface area contributed by atoms with E-state index in [9.17, 15) is 5.21 Å². The Hall–Kier alpha value is -1.90. The Kier molecular flexibility index (Phi) is 2.14. The van der Waals surface area contributed by atoms with Gasteiger partial charge in [0.2, 0.25) is 11.4 Å². The topological polar surface area (TPSA) is 39.8 Å². The molecule has 70 valence electrons. The second-order valence-corrected chi connectivity index (χ2v) is 3.09. The Morgan fingerprint density at radius 2 is 1.86 bits per heavy atom. The lowest BCUT2D eigenvalue weighted by atomic mass is 10.1. The summed E-state index contributed by atoms with van der Waals surface area (Å²) in [6, 6.07) is 9.51. The lowest BCUT2D eigenvalue weighted by molar-refractivity contribution is -0.601. The van der Waals surface area contributed by atoms with E-state index >= 15 is 0 Å². The van der Waals surface area contributed by atoms with Crippen LogP contribution in [0.4, 0.5) is 0 Å². The minimum absolute atomic E-state index is 0.589. The molecule has 0 saturated heterocycles. The molecule has 1 aromatic heterocycles. The minimum Gasteiger partial charge on any atom is -0.618 e. The highest BCUT2D eigenvalue weighted by Gasteiger charge is 2.09. The Morgan fingerprint density at radius 3 is 2.57 bits per heavy atom. The normalized spacial score (nSPS) is 10.1. The second kappa shape index (κ2) is 3.46. The average molecular weight is 186 g/mol. The van der Waals surface area contributed by atoms with Gasteiger partial charge in [0.15, 0.2) is 0 Å². The third-order valence-electron chi connectivity index (χ3n) is 2.07. The molecule has 0 radical (unpaired) electrons. The second-order valence-electron chi connectivity index (χ2n) is 3.09. The zero-order chi connectivity index (χ0) is 9.97. The Morgan fingerprint density at radius 1 is 1.14 bits per heavy atom. The Balaban J connectivity index is 2.58. The van der Waals surface area contributed by atoms with Crippen molar-refractivity contribution in [2.24, 2.45) is 0 Å². The van der Waals surface area contributed by atoms with Crippen LogP contribution in [-0.4, -0.2) is 4.98 Å². The fourth-order valence-corrected chi connectivity index (χ4v) is 1.31. The summed E-state index contributed by atoms with van der Waals surface area (Å²) in [5, 5.41) is 11.6. The molecule has 0 fully saturated rings. The van der Waals surface area contributed by atoms with Gasteiger partial charge in [-0.3, -0.25) is 4.98 Å².